The van der Waals surface area contributed by atoms with Crippen molar-refractivity contribution in [2.45, 2.75) is 44.9 Å². The molecule has 4 aromatic rings. The Labute approximate surface area is 237 Å². The van der Waals surface area contributed by atoms with Crippen molar-refractivity contribution >= 4 is 23.4 Å². The number of aromatic nitrogens is 5. The Morgan fingerprint density at radius 2 is 1.88 bits per heavy atom. The zero-order valence-corrected chi connectivity index (χ0v) is 23.3. The molecule has 0 spiro atoms. The minimum Gasteiger partial charge on any atom is -0.417 e. The van der Waals surface area contributed by atoms with Gasteiger partial charge in [0.2, 0.25) is 11.8 Å². The first-order chi connectivity index (χ1) is 19.5. The molecule has 1 aliphatic rings. The van der Waals surface area contributed by atoms with Gasteiger partial charge in [-0.3, -0.25) is 4.79 Å². The quantitative estimate of drug-likeness (QED) is 0.209. The Balaban J connectivity index is 1.51. The number of amides is 1. The second-order valence-electron chi connectivity index (χ2n) is 10.7. The molecule has 12 nitrogen and oxygen atoms in total. The summed E-state index contributed by atoms with van der Waals surface area (Å²) >= 11 is 0. The molecule has 0 saturated heterocycles. The number of aliphatic hydroxyl groups is 2. The van der Waals surface area contributed by atoms with Crippen molar-refractivity contribution in [2.75, 3.05) is 23.8 Å². The maximum Gasteiger partial charge on any atom is 0.258 e. The lowest BCUT2D eigenvalue weighted by molar-refractivity contribution is 0.0487. The number of rotatable bonds is 10. The molecule has 0 fully saturated rings. The third-order valence-electron chi connectivity index (χ3n) is 6.87. The highest BCUT2D eigenvalue weighted by molar-refractivity contribution is 5.99. The lowest BCUT2D eigenvalue weighted by atomic mass is 10.0. The lowest BCUT2D eigenvalue weighted by Crippen LogP contribution is -2.39. The monoisotopic (exact) mass is 556 g/mol. The summed E-state index contributed by atoms with van der Waals surface area (Å²) in [5, 5.41) is 35.1. The molecule has 41 heavy (non-hydrogen) atoms. The zero-order chi connectivity index (χ0) is 29.4. The molecule has 0 saturated carbocycles. The maximum absolute atomic E-state index is 12.9. The van der Waals surface area contributed by atoms with Crippen LogP contribution >= 0.6 is 0 Å². The van der Waals surface area contributed by atoms with E-state index in [0.29, 0.717) is 34.9 Å². The van der Waals surface area contributed by atoms with Gasteiger partial charge in [0.1, 0.15) is 11.4 Å². The number of carbonyl (C=O) groups is 1. The van der Waals surface area contributed by atoms with E-state index in [1.165, 1.54) is 6.20 Å². The minimum absolute atomic E-state index is 0.0524. The molecule has 0 unspecified atom stereocenters. The SMILES string of the molecule is C=CCN1C(=O)c2cnc(Nc3cc(N[C@H](CO)c4ccccc4)c(-c4nnc(C(C)(C)O)o4)cn3)nc2C1(C)C. The summed E-state index contributed by atoms with van der Waals surface area (Å²) < 4.78 is 5.76. The van der Waals surface area contributed by atoms with E-state index in [0.717, 1.165) is 5.56 Å². The third-order valence-corrected chi connectivity index (χ3v) is 6.87. The van der Waals surface area contributed by atoms with Crippen LogP contribution in [0.25, 0.3) is 11.5 Å². The van der Waals surface area contributed by atoms with E-state index in [2.05, 4.69) is 42.4 Å². The van der Waals surface area contributed by atoms with Crippen molar-refractivity contribution in [3.05, 3.63) is 84.2 Å². The van der Waals surface area contributed by atoms with Gasteiger partial charge in [0.25, 0.3) is 11.8 Å². The Hall–Kier alpha value is -4.68. The van der Waals surface area contributed by atoms with Crippen molar-refractivity contribution in [3.8, 4) is 11.5 Å². The van der Waals surface area contributed by atoms with Crippen LogP contribution in [0, 0.1) is 0 Å². The first kappa shape index (κ1) is 27.9. The summed E-state index contributed by atoms with van der Waals surface area (Å²) in [6.07, 6.45) is 4.73. The molecule has 1 aromatic carbocycles. The highest BCUT2D eigenvalue weighted by Gasteiger charge is 2.44. The molecule has 1 atom stereocenters. The van der Waals surface area contributed by atoms with Crippen LogP contribution in [0.5, 0.6) is 0 Å². The van der Waals surface area contributed by atoms with Crippen molar-refractivity contribution in [1.29, 1.82) is 0 Å². The molecule has 12 heteroatoms. The highest BCUT2D eigenvalue weighted by Crippen LogP contribution is 2.38. The van der Waals surface area contributed by atoms with Crippen LogP contribution in [0.1, 0.15) is 61.2 Å². The minimum atomic E-state index is -1.33. The molecular formula is C29H32N8O4. The standard InChI is InChI=1S/C29H32N8O4/c1-6-12-37-25(39)19-15-31-27(34-23(19)28(37,2)3)33-22-13-20(32-21(16-38)17-10-8-7-9-11-17)18(14-30-22)24-35-36-26(41-24)29(4,5)40/h6-11,13-15,21,38,40H,1,12,16H2,2-5H3,(H2,30,31,32,33,34)/t21-/m1/s1. The topological polar surface area (TPSA) is 162 Å². The van der Waals surface area contributed by atoms with E-state index in [-0.39, 0.29) is 30.2 Å². The summed E-state index contributed by atoms with van der Waals surface area (Å²) in [7, 11) is 0. The van der Waals surface area contributed by atoms with Crippen molar-refractivity contribution in [1.82, 2.24) is 30.0 Å². The van der Waals surface area contributed by atoms with Gasteiger partial charge in [0.05, 0.1) is 40.7 Å². The molecule has 3 aromatic heterocycles. The van der Waals surface area contributed by atoms with Gasteiger partial charge in [-0.15, -0.1) is 16.8 Å². The number of carbonyl (C=O) groups excluding carboxylic acids is 1. The average molecular weight is 557 g/mol. The van der Waals surface area contributed by atoms with E-state index in [1.807, 2.05) is 44.2 Å². The molecule has 212 valence electrons. The van der Waals surface area contributed by atoms with Gasteiger partial charge in [-0.2, -0.15) is 0 Å². The number of benzene rings is 1. The molecule has 1 aliphatic heterocycles. The normalized spacial score (nSPS) is 15.0. The lowest BCUT2D eigenvalue weighted by Gasteiger charge is -2.30. The van der Waals surface area contributed by atoms with Crippen LogP contribution in [0.2, 0.25) is 0 Å². The highest BCUT2D eigenvalue weighted by atomic mass is 16.4. The van der Waals surface area contributed by atoms with Gasteiger partial charge >= 0.3 is 0 Å². The fraction of sp³-hybridized carbons (Fsp3) is 0.310. The third kappa shape index (κ3) is 5.39. The average Bonchev–Trinajstić information content (AvgIpc) is 3.51. The number of aliphatic hydroxyl groups excluding tert-OH is 1. The molecule has 0 radical (unpaired) electrons. The number of nitrogens with zero attached hydrogens (tertiary/aromatic N) is 6. The van der Waals surface area contributed by atoms with Crippen LogP contribution in [0.3, 0.4) is 0 Å². The Bertz CT molecular complexity index is 1580. The van der Waals surface area contributed by atoms with Crippen LogP contribution < -0.4 is 10.6 Å². The summed E-state index contributed by atoms with van der Waals surface area (Å²) in [4.78, 5) is 28.1. The number of pyridine rings is 1. The van der Waals surface area contributed by atoms with Crippen molar-refractivity contribution < 1.29 is 19.4 Å². The molecule has 0 aliphatic carbocycles. The van der Waals surface area contributed by atoms with Gasteiger partial charge in [-0.1, -0.05) is 36.4 Å². The van der Waals surface area contributed by atoms with Gasteiger partial charge in [0.15, 0.2) is 0 Å². The second kappa shape index (κ2) is 10.7. The fourth-order valence-electron chi connectivity index (χ4n) is 4.65. The second-order valence-corrected chi connectivity index (χ2v) is 10.7. The Morgan fingerprint density at radius 1 is 1.15 bits per heavy atom. The van der Waals surface area contributed by atoms with Gasteiger partial charge < -0.3 is 30.2 Å². The molecule has 4 heterocycles. The number of hydrogen-bond acceptors (Lipinski definition) is 11. The van der Waals surface area contributed by atoms with Crippen LogP contribution in [-0.4, -0.2) is 59.3 Å². The molecule has 5 rings (SSSR count). The van der Waals surface area contributed by atoms with Crippen molar-refractivity contribution in [2.24, 2.45) is 0 Å². The van der Waals surface area contributed by atoms with Gasteiger partial charge in [-0.25, -0.2) is 15.0 Å². The van der Waals surface area contributed by atoms with E-state index in [1.54, 1.807) is 37.1 Å². The van der Waals surface area contributed by atoms with E-state index >= 15 is 0 Å². The molecular weight excluding hydrogens is 524 g/mol. The number of hydrogen-bond donors (Lipinski definition) is 4. The predicted octanol–water partition coefficient (Wildman–Crippen LogP) is 3.92. The first-order valence-corrected chi connectivity index (χ1v) is 13.1. The molecule has 1 amide bonds. The summed E-state index contributed by atoms with van der Waals surface area (Å²) in [5.41, 5.74) is 0.941. The number of nitrogens with one attached hydrogen (secondary N) is 2. The largest absolute Gasteiger partial charge is 0.417 e. The van der Waals surface area contributed by atoms with E-state index in [4.69, 9.17) is 4.42 Å². The molecule has 4 N–H and O–H groups in total. The predicted molar refractivity (Wildman–Crippen MR) is 152 cm³/mol. The Kier molecular flexibility index (Phi) is 7.28. The maximum atomic E-state index is 12.9. The Morgan fingerprint density at radius 3 is 2.54 bits per heavy atom. The van der Waals surface area contributed by atoms with Gasteiger partial charge in [0, 0.05) is 25.0 Å². The van der Waals surface area contributed by atoms with Gasteiger partial charge in [-0.05, 0) is 33.3 Å². The number of anilines is 3. The van der Waals surface area contributed by atoms with Crippen molar-refractivity contribution in [3.63, 3.8) is 0 Å². The van der Waals surface area contributed by atoms with E-state index in [9.17, 15) is 15.0 Å². The summed E-state index contributed by atoms with van der Waals surface area (Å²) in [5.74, 6) is 0.709. The zero-order valence-electron chi connectivity index (χ0n) is 23.3. The fourth-order valence-corrected chi connectivity index (χ4v) is 4.65. The smallest absolute Gasteiger partial charge is 0.258 e. The summed E-state index contributed by atoms with van der Waals surface area (Å²) in [6.45, 7) is 10.9. The van der Waals surface area contributed by atoms with Crippen LogP contribution in [0.15, 0.2) is 65.9 Å². The van der Waals surface area contributed by atoms with Crippen LogP contribution in [-0.2, 0) is 11.1 Å². The summed E-state index contributed by atoms with van der Waals surface area (Å²) in [6, 6.07) is 10.7. The first-order valence-electron chi connectivity index (χ1n) is 13.1. The number of fused-ring (bicyclic) bond motifs is 1. The van der Waals surface area contributed by atoms with E-state index < -0.39 is 17.2 Å². The molecule has 0 bridgehead atoms. The van der Waals surface area contributed by atoms with Crippen LogP contribution in [0.4, 0.5) is 17.5 Å².